The molecule has 1 fully saturated rings. The monoisotopic (exact) mass is 259 g/mol. The number of pyridine rings is 1. The Bertz CT molecular complexity index is 463. The first kappa shape index (κ1) is 11.8. The molecular weight excluding hydrogens is 242 g/mol. The SMILES string of the molecule is c1csc([C@@H](c2ccncc2)N2CCNCC2)c1. The van der Waals surface area contributed by atoms with Gasteiger partial charge in [-0.2, -0.15) is 0 Å². The number of rotatable bonds is 3. The number of nitrogens with zero attached hydrogens (tertiary/aromatic N) is 2. The van der Waals surface area contributed by atoms with Crippen LogP contribution in [0.2, 0.25) is 0 Å². The minimum atomic E-state index is 0.384. The third-order valence-corrected chi connectivity index (χ3v) is 4.28. The highest BCUT2D eigenvalue weighted by Gasteiger charge is 2.24. The van der Waals surface area contributed by atoms with E-state index in [2.05, 4.69) is 44.8 Å². The Kier molecular flexibility index (Phi) is 3.69. The van der Waals surface area contributed by atoms with Crippen molar-refractivity contribution in [2.24, 2.45) is 0 Å². The van der Waals surface area contributed by atoms with Gasteiger partial charge in [-0.25, -0.2) is 0 Å². The topological polar surface area (TPSA) is 28.2 Å². The van der Waals surface area contributed by atoms with E-state index in [1.54, 1.807) is 0 Å². The summed E-state index contributed by atoms with van der Waals surface area (Å²) in [6, 6.07) is 9.02. The summed E-state index contributed by atoms with van der Waals surface area (Å²) in [5.41, 5.74) is 1.34. The summed E-state index contributed by atoms with van der Waals surface area (Å²) in [5.74, 6) is 0. The Labute approximate surface area is 111 Å². The Morgan fingerprint density at radius 1 is 1.17 bits per heavy atom. The van der Waals surface area contributed by atoms with Crippen LogP contribution in [0.15, 0.2) is 42.0 Å². The second-order valence-corrected chi connectivity index (χ2v) is 5.46. The second-order valence-electron chi connectivity index (χ2n) is 4.48. The molecule has 4 heteroatoms. The number of hydrogen-bond donors (Lipinski definition) is 1. The molecule has 3 nitrogen and oxygen atoms in total. The molecule has 3 rings (SSSR count). The molecule has 0 amide bonds. The molecule has 2 aromatic heterocycles. The molecule has 18 heavy (non-hydrogen) atoms. The maximum Gasteiger partial charge on any atom is 0.0698 e. The van der Waals surface area contributed by atoms with E-state index in [0.717, 1.165) is 26.2 Å². The Morgan fingerprint density at radius 3 is 2.61 bits per heavy atom. The predicted octanol–water partition coefficient (Wildman–Crippen LogP) is 2.14. The molecule has 0 aliphatic carbocycles. The van der Waals surface area contributed by atoms with Crippen LogP contribution < -0.4 is 5.32 Å². The molecule has 1 aliphatic heterocycles. The largest absolute Gasteiger partial charge is 0.314 e. The smallest absolute Gasteiger partial charge is 0.0698 e. The van der Waals surface area contributed by atoms with Gasteiger partial charge in [0.05, 0.1) is 6.04 Å². The zero-order valence-electron chi connectivity index (χ0n) is 10.2. The average molecular weight is 259 g/mol. The van der Waals surface area contributed by atoms with Crippen molar-refractivity contribution in [2.75, 3.05) is 26.2 Å². The third-order valence-electron chi connectivity index (χ3n) is 3.35. The minimum absolute atomic E-state index is 0.384. The Morgan fingerprint density at radius 2 is 1.94 bits per heavy atom. The van der Waals surface area contributed by atoms with E-state index in [1.807, 2.05) is 23.7 Å². The molecule has 1 aliphatic rings. The van der Waals surface area contributed by atoms with Crippen molar-refractivity contribution in [2.45, 2.75) is 6.04 Å². The van der Waals surface area contributed by atoms with Crippen LogP contribution in [0.5, 0.6) is 0 Å². The van der Waals surface area contributed by atoms with Crippen LogP contribution in [0, 0.1) is 0 Å². The highest BCUT2D eigenvalue weighted by Crippen LogP contribution is 2.31. The average Bonchev–Trinajstić information content (AvgIpc) is 2.95. The first-order chi connectivity index (χ1) is 8.95. The number of nitrogens with one attached hydrogen (secondary N) is 1. The van der Waals surface area contributed by atoms with Crippen LogP contribution in [0.4, 0.5) is 0 Å². The number of thiophene rings is 1. The van der Waals surface area contributed by atoms with Crippen molar-refractivity contribution in [3.05, 3.63) is 52.5 Å². The number of aromatic nitrogens is 1. The summed E-state index contributed by atoms with van der Waals surface area (Å²) in [6.45, 7) is 4.36. The number of piperazine rings is 1. The lowest BCUT2D eigenvalue weighted by Gasteiger charge is -2.34. The fourth-order valence-corrected chi connectivity index (χ4v) is 3.37. The summed E-state index contributed by atoms with van der Waals surface area (Å²) in [4.78, 5) is 8.10. The zero-order valence-corrected chi connectivity index (χ0v) is 11.1. The first-order valence-electron chi connectivity index (χ1n) is 6.33. The maximum absolute atomic E-state index is 4.13. The molecule has 1 N–H and O–H groups in total. The van der Waals surface area contributed by atoms with Crippen LogP contribution in [0.25, 0.3) is 0 Å². The first-order valence-corrected chi connectivity index (χ1v) is 7.21. The normalized spacial score (nSPS) is 18.7. The van der Waals surface area contributed by atoms with Gasteiger partial charge < -0.3 is 5.32 Å². The highest BCUT2D eigenvalue weighted by atomic mass is 32.1. The van der Waals surface area contributed by atoms with E-state index in [1.165, 1.54) is 10.4 Å². The Hall–Kier alpha value is -1.23. The second kappa shape index (κ2) is 5.61. The van der Waals surface area contributed by atoms with Gasteiger partial charge in [-0.15, -0.1) is 11.3 Å². The molecule has 2 aromatic rings. The Balaban J connectivity index is 1.93. The summed E-state index contributed by atoms with van der Waals surface area (Å²) in [6.07, 6.45) is 3.77. The van der Waals surface area contributed by atoms with Crippen molar-refractivity contribution >= 4 is 11.3 Å². The maximum atomic E-state index is 4.13. The summed E-state index contributed by atoms with van der Waals surface area (Å²) in [5, 5.41) is 5.57. The van der Waals surface area contributed by atoms with Gasteiger partial charge in [0.2, 0.25) is 0 Å². The van der Waals surface area contributed by atoms with Crippen LogP contribution >= 0.6 is 11.3 Å². The molecule has 0 saturated carbocycles. The van der Waals surface area contributed by atoms with Crippen molar-refractivity contribution in [1.82, 2.24) is 15.2 Å². The lowest BCUT2D eigenvalue weighted by Crippen LogP contribution is -2.45. The molecule has 0 aromatic carbocycles. The van der Waals surface area contributed by atoms with Gasteiger partial charge in [-0.1, -0.05) is 6.07 Å². The van der Waals surface area contributed by atoms with Gasteiger partial charge in [0.15, 0.2) is 0 Å². The van der Waals surface area contributed by atoms with Crippen LogP contribution in [0.3, 0.4) is 0 Å². The molecule has 0 spiro atoms. The van der Waals surface area contributed by atoms with E-state index < -0.39 is 0 Å². The van der Waals surface area contributed by atoms with Crippen molar-refractivity contribution in [3.63, 3.8) is 0 Å². The summed E-state index contributed by atoms with van der Waals surface area (Å²) in [7, 11) is 0. The third kappa shape index (κ3) is 2.46. The molecule has 1 saturated heterocycles. The van der Waals surface area contributed by atoms with Crippen LogP contribution in [0.1, 0.15) is 16.5 Å². The van der Waals surface area contributed by atoms with Crippen LogP contribution in [-0.4, -0.2) is 36.1 Å². The van der Waals surface area contributed by atoms with Gasteiger partial charge in [0.1, 0.15) is 0 Å². The summed E-state index contributed by atoms with van der Waals surface area (Å²) < 4.78 is 0. The quantitative estimate of drug-likeness (QED) is 0.915. The van der Waals surface area contributed by atoms with Gasteiger partial charge in [-0.05, 0) is 29.1 Å². The van der Waals surface area contributed by atoms with E-state index >= 15 is 0 Å². The van der Waals surface area contributed by atoms with Crippen molar-refractivity contribution in [3.8, 4) is 0 Å². The predicted molar refractivity (Wildman–Crippen MR) is 74.8 cm³/mol. The number of hydrogen-bond acceptors (Lipinski definition) is 4. The highest BCUT2D eigenvalue weighted by molar-refractivity contribution is 7.10. The van der Waals surface area contributed by atoms with Crippen molar-refractivity contribution < 1.29 is 0 Å². The fourth-order valence-electron chi connectivity index (χ4n) is 2.49. The zero-order chi connectivity index (χ0) is 12.2. The minimum Gasteiger partial charge on any atom is -0.314 e. The van der Waals surface area contributed by atoms with Gasteiger partial charge in [0.25, 0.3) is 0 Å². The van der Waals surface area contributed by atoms with E-state index in [-0.39, 0.29) is 0 Å². The lowest BCUT2D eigenvalue weighted by atomic mass is 10.0. The van der Waals surface area contributed by atoms with Crippen LogP contribution in [-0.2, 0) is 0 Å². The molecule has 1 atom stereocenters. The van der Waals surface area contributed by atoms with Gasteiger partial charge >= 0.3 is 0 Å². The fraction of sp³-hybridized carbons (Fsp3) is 0.357. The van der Waals surface area contributed by atoms with E-state index in [0.29, 0.717) is 6.04 Å². The molecule has 0 unspecified atom stereocenters. The molecular formula is C14H17N3S. The summed E-state index contributed by atoms with van der Waals surface area (Å²) >= 11 is 1.84. The molecule has 3 heterocycles. The lowest BCUT2D eigenvalue weighted by molar-refractivity contribution is 0.200. The van der Waals surface area contributed by atoms with Gasteiger partial charge in [-0.3, -0.25) is 9.88 Å². The molecule has 0 radical (unpaired) electrons. The van der Waals surface area contributed by atoms with Gasteiger partial charge in [0, 0.05) is 43.4 Å². The van der Waals surface area contributed by atoms with Crippen molar-refractivity contribution in [1.29, 1.82) is 0 Å². The van der Waals surface area contributed by atoms with E-state index in [4.69, 9.17) is 0 Å². The molecule has 94 valence electrons. The standard InChI is InChI=1S/C14H17N3S/c1-2-13(18-11-1)14(12-3-5-15-6-4-12)17-9-7-16-8-10-17/h1-6,11,14,16H,7-10H2/t14-/m1/s1. The molecule has 0 bridgehead atoms. The van der Waals surface area contributed by atoms with E-state index in [9.17, 15) is 0 Å².